The molecule has 8 bridgehead atoms. The van der Waals surface area contributed by atoms with Gasteiger partial charge in [-0.2, -0.15) is 0 Å². The van der Waals surface area contributed by atoms with Gasteiger partial charge in [-0.1, -0.05) is 46.6 Å². The molecule has 10 nitrogen and oxygen atoms in total. The van der Waals surface area contributed by atoms with Crippen LogP contribution in [0.2, 0.25) is 0 Å². The van der Waals surface area contributed by atoms with E-state index in [9.17, 15) is 14.7 Å². The van der Waals surface area contributed by atoms with E-state index in [0.29, 0.717) is 34.3 Å². The van der Waals surface area contributed by atoms with Crippen molar-refractivity contribution in [2.24, 2.45) is 35.3 Å². The molecule has 1 unspecified atom stereocenters. The SMILES string of the molecule is CCc1c2[nH]c(c1C)/C=C1\NC(=C(C)[C@H]1CC)/C=C1\NC(C3=c4[nH]/c(c(C)c4[C@H](O)[C@@H]3C(=O)OC)=C\2N)[C@@H](CCC(=O)OC/C=C(\C)CCCC(C)C)[C@@H]1C. The zero-order valence-corrected chi connectivity index (χ0v) is 34.6. The zero-order chi connectivity index (χ0) is 39.9. The van der Waals surface area contributed by atoms with Crippen molar-refractivity contribution in [2.45, 2.75) is 119 Å². The standard InChI is InChI=1S/C45H63N5O5/c1-11-28-24(6)31-20-32-26(8)30(16-17-35(51)55-19-18-23(5)15-13-14-22(3)4)41(48-32)37-38(45(53)54-10)44(52)36-27(9)40(50-43(36)37)39(46)42-29(12-2)25(7)33(49-42)21-34(28)47-31/h18,20-22,26,28,30,38,41,44,47-50,52H,11-17,19,46H2,1-10H3/b23-18+,32-20-,34-21-,40-39+/t26-,28+,30-,38+,41?,44-/m0/s1. The maximum absolute atomic E-state index is 13.6. The summed E-state index contributed by atoms with van der Waals surface area (Å²) in [7, 11) is 1.36. The molecule has 2 aromatic rings. The molecule has 7 N–H and O–H groups in total. The van der Waals surface area contributed by atoms with Crippen molar-refractivity contribution in [3.05, 3.63) is 84.7 Å². The van der Waals surface area contributed by atoms with Crippen LogP contribution < -0.4 is 27.1 Å². The summed E-state index contributed by atoms with van der Waals surface area (Å²) in [6.45, 7) is 19.6. The number of fused-ring (bicyclic) bond motifs is 8. The lowest BCUT2D eigenvalue weighted by Crippen LogP contribution is -2.38. The Morgan fingerprint density at radius 1 is 1.04 bits per heavy atom. The number of methoxy groups -OCH3 is 1. The number of hydrogen-bond donors (Lipinski definition) is 6. The molecular formula is C45H63N5O5. The number of hydrogen-bond acceptors (Lipinski definition) is 8. The monoisotopic (exact) mass is 753 g/mol. The molecular weight excluding hydrogens is 691 g/mol. The second kappa shape index (κ2) is 16.3. The second-order valence-corrected chi connectivity index (χ2v) is 16.6. The minimum absolute atomic E-state index is 0.00848. The van der Waals surface area contributed by atoms with Gasteiger partial charge in [0.15, 0.2) is 0 Å². The van der Waals surface area contributed by atoms with Gasteiger partial charge >= 0.3 is 11.9 Å². The first-order valence-corrected chi connectivity index (χ1v) is 20.4. The summed E-state index contributed by atoms with van der Waals surface area (Å²) < 4.78 is 11.1. The van der Waals surface area contributed by atoms with Gasteiger partial charge < -0.3 is 40.9 Å². The second-order valence-electron chi connectivity index (χ2n) is 16.6. The molecule has 2 aromatic heterocycles. The van der Waals surface area contributed by atoms with Crippen molar-refractivity contribution in [3.8, 4) is 0 Å². The predicted octanol–water partition coefficient (Wildman–Crippen LogP) is 6.09. The molecule has 55 heavy (non-hydrogen) atoms. The van der Waals surface area contributed by atoms with Gasteiger partial charge in [-0.15, -0.1) is 0 Å². The van der Waals surface area contributed by atoms with E-state index in [-0.39, 0.29) is 42.8 Å². The molecule has 6 rings (SSSR count). The first kappa shape index (κ1) is 40.2. The molecule has 5 heterocycles. The molecule has 1 aliphatic carbocycles. The fourth-order valence-electron chi connectivity index (χ4n) is 9.54. The first-order valence-electron chi connectivity index (χ1n) is 20.4. The number of aromatic amines is 2. The maximum atomic E-state index is 13.6. The molecule has 0 spiro atoms. The van der Waals surface area contributed by atoms with Gasteiger partial charge in [-0.3, -0.25) is 9.59 Å². The van der Waals surface area contributed by atoms with E-state index >= 15 is 0 Å². The molecule has 4 aliphatic rings. The summed E-state index contributed by atoms with van der Waals surface area (Å²) in [6, 6.07) is -0.387. The van der Waals surface area contributed by atoms with Crippen LogP contribution in [0.1, 0.15) is 127 Å². The molecule has 6 atom stereocenters. The van der Waals surface area contributed by atoms with Crippen LogP contribution in [0, 0.1) is 43.4 Å². The van der Waals surface area contributed by atoms with Crippen LogP contribution in [0.4, 0.5) is 0 Å². The van der Waals surface area contributed by atoms with Gasteiger partial charge in [0.25, 0.3) is 0 Å². The molecule has 298 valence electrons. The number of allylic oxidation sites excluding steroid dienone is 4. The summed E-state index contributed by atoms with van der Waals surface area (Å²) in [5, 5.41) is 21.0. The number of aromatic nitrogens is 2. The van der Waals surface area contributed by atoms with Crippen molar-refractivity contribution in [3.63, 3.8) is 0 Å². The van der Waals surface area contributed by atoms with E-state index in [0.717, 1.165) is 76.4 Å². The van der Waals surface area contributed by atoms with Crippen LogP contribution in [0.5, 0.6) is 0 Å². The minimum atomic E-state index is -1.13. The first-order chi connectivity index (χ1) is 26.2. The maximum Gasteiger partial charge on any atom is 0.315 e. The molecule has 0 radical (unpaired) electrons. The molecule has 1 saturated heterocycles. The van der Waals surface area contributed by atoms with Gasteiger partial charge in [0.2, 0.25) is 0 Å². The molecule has 0 saturated carbocycles. The lowest BCUT2D eigenvalue weighted by Gasteiger charge is -2.27. The topological polar surface area (TPSA) is 154 Å². The number of ether oxygens (including phenoxy) is 2. The molecule has 0 amide bonds. The highest BCUT2D eigenvalue weighted by atomic mass is 16.5. The Labute approximate surface area is 326 Å². The van der Waals surface area contributed by atoms with Crippen LogP contribution in [-0.4, -0.2) is 46.8 Å². The third-order valence-electron chi connectivity index (χ3n) is 12.8. The quantitative estimate of drug-likeness (QED) is 0.113. The smallest absolute Gasteiger partial charge is 0.315 e. The van der Waals surface area contributed by atoms with Crippen molar-refractivity contribution < 1.29 is 24.2 Å². The van der Waals surface area contributed by atoms with E-state index in [2.05, 4.69) is 88.1 Å². The number of aliphatic hydroxyl groups excluding tert-OH is 1. The highest BCUT2D eigenvalue weighted by Gasteiger charge is 2.49. The van der Waals surface area contributed by atoms with Gasteiger partial charge in [0.05, 0.1) is 36.0 Å². The molecule has 0 aromatic carbocycles. The molecule has 10 heteroatoms. The third kappa shape index (κ3) is 7.46. The highest BCUT2D eigenvalue weighted by molar-refractivity contribution is 5.88. The van der Waals surface area contributed by atoms with Crippen LogP contribution >= 0.6 is 0 Å². The Morgan fingerprint density at radius 3 is 2.45 bits per heavy atom. The lowest BCUT2D eigenvalue weighted by atomic mass is 9.80. The largest absolute Gasteiger partial charge is 0.468 e. The fraction of sp³-hybridized carbons (Fsp3) is 0.556. The number of H-pyrrole nitrogens is 2. The van der Waals surface area contributed by atoms with Gasteiger partial charge in [-0.05, 0) is 118 Å². The normalized spacial score (nSPS) is 27.5. The van der Waals surface area contributed by atoms with E-state index in [1.807, 2.05) is 13.0 Å². The van der Waals surface area contributed by atoms with E-state index in [1.165, 1.54) is 24.7 Å². The molecule has 3 aliphatic heterocycles. The predicted molar refractivity (Wildman–Crippen MR) is 218 cm³/mol. The van der Waals surface area contributed by atoms with Crippen molar-refractivity contribution >= 4 is 29.3 Å². The summed E-state index contributed by atoms with van der Waals surface area (Å²) in [4.78, 5) is 34.2. The third-order valence-corrected chi connectivity index (χ3v) is 12.8. The number of aliphatic hydroxyl groups is 1. The highest BCUT2D eigenvalue weighted by Crippen LogP contribution is 2.45. The summed E-state index contributed by atoms with van der Waals surface area (Å²) in [6.07, 6.45) is 11.1. The summed E-state index contributed by atoms with van der Waals surface area (Å²) in [5.74, 6) is -0.915. The number of carbonyl (C=O) groups excluding carboxylic acids is 2. The molecule has 1 fully saturated rings. The zero-order valence-electron chi connectivity index (χ0n) is 34.6. The average Bonchev–Trinajstić information content (AvgIpc) is 3.90. The lowest BCUT2D eigenvalue weighted by molar-refractivity contribution is -0.147. The Kier molecular flexibility index (Phi) is 12.0. The van der Waals surface area contributed by atoms with Crippen LogP contribution in [0.3, 0.4) is 0 Å². The van der Waals surface area contributed by atoms with Gasteiger partial charge in [0.1, 0.15) is 12.5 Å². The summed E-state index contributed by atoms with van der Waals surface area (Å²) in [5.41, 5.74) is 19.6. The Hall–Kier alpha value is -4.44. The fourth-order valence-corrected chi connectivity index (χ4v) is 9.54. The van der Waals surface area contributed by atoms with E-state index in [4.69, 9.17) is 15.2 Å². The summed E-state index contributed by atoms with van der Waals surface area (Å²) >= 11 is 0. The van der Waals surface area contributed by atoms with Gasteiger partial charge in [-0.25, -0.2) is 0 Å². The van der Waals surface area contributed by atoms with Crippen LogP contribution in [0.15, 0.2) is 40.4 Å². The Bertz CT molecular complexity index is 2090. The van der Waals surface area contributed by atoms with Crippen molar-refractivity contribution in [1.82, 2.24) is 20.6 Å². The van der Waals surface area contributed by atoms with Crippen LogP contribution in [-0.2, 0) is 25.5 Å². The Balaban J connectivity index is 1.47. The number of nitrogens with two attached hydrogens (primary N) is 1. The Morgan fingerprint density at radius 2 is 1.78 bits per heavy atom. The number of esters is 2. The van der Waals surface area contributed by atoms with E-state index < -0.39 is 18.0 Å². The van der Waals surface area contributed by atoms with Crippen molar-refractivity contribution in [1.29, 1.82) is 0 Å². The van der Waals surface area contributed by atoms with Gasteiger partial charge in [0, 0.05) is 52.0 Å². The minimum Gasteiger partial charge on any atom is -0.468 e. The number of carbonyl (C=O) groups is 2. The average molecular weight is 754 g/mol. The van der Waals surface area contributed by atoms with Crippen LogP contribution in [0.25, 0.3) is 17.3 Å². The van der Waals surface area contributed by atoms with E-state index in [1.54, 1.807) is 0 Å². The number of nitrogens with one attached hydrogen (secondary N) is 4. The number of rotatable bonds is 12. The van der Waals surface area contributed by atoms with Crippen molar-refractivity contribution in [2.75, 3.05) is 13.7 Å².